The first-order chi connectivity index (χ1) is 12.8. The first-order valence-corrected chi connectivity index (χ1v) is 9.73. The number of fused-ring (bicyclic) bond motifs is 1. The summed E-state index contributed by atoms with van der Waals surface area (Å²) < 4.78 is 11.1. The molecule has 2 aliphatic heterocycles. The highest BCUT2D eigenvalue weighted by molar-refractivity contribution is 14.0. The molecule has 0 radical (unpaired) electrons. The predicted octanol–water partition coefficient (Wildman–Crippen LogP) is 2.55. The first-order valence-electron chi connectivity index (χ1n) is 9.73. The van der Waals surface area contributed by atoms with Gasteiger partial charge in [0.15, 0.2) is 5.96 Å². The van der Waals surface area contributed by atoms with Crippen molar-refractivity contribution in [2.45, 2.75) is 38.3 Å². The van der Waals surface area contributed by atoms with Gasteiger partial charge in [-0.1, -0.05) is 12.1 Å². The smallest absolute Gasteiger partial charge is 0.191 e. The molecule has 2 N–H and O–H groups in total. The topological polar surface area (TPSA) is 58.1 Å². The maximum atomic E-state index is 5.78. The standard InChI is InChI=1S/C20H32N4O2.HI/c1-21-20(22-9-4-11-26-18-8-12-25-15-18)23-14-16-6-7-19-17(13-16)5-3-10-24(19)2;/h6-7,13,18H,3-5,8-12,14-15H2,1-2H3,(H2,21,22,23);1H. The molecule has 0 spiro atoms. The fourth-order valence-corrected chi connectivity index (χ4v) is 3.53. The average molecular weight is 488 g/mol. The van der Waals surface area contributed by atoms with Crippen molar-refractivity contribution in [2.24, 2.45) is 4.99 Å². The van der Waals surface area contributed by atoms with Crippen LogP contribution in [0.15, 0.2) is 23.2 Å². The summed E-state index contributed by atoms with van der Waals surface area (Å²) >= 11 is 0. The number of rotatable bonds is 7. The van der Waals surface area contributed by atoms with Crippen molar-refractivity contribution in [3.63, 3.8) is 0 Å². The third-order valence-electron chi connectivity index (χ3n) is 5.03. The molecule has 2 aliphatic rings. The van der Waals surface area contributed by atoms with Crippen LogP contribution in [0.5, 0.6) is 0 Å². The zero-order valence-corrected chi connectivity index (χ0v) is 18.8. The normalized spacial score (nSPS) is 19.4. The van der Waals surface area contributed by atoms with Gasteiger partial charge in [0, 0.05) is 52.6 Å². The lowest BCUT2D eigenvalue weighted by atomic mass is 9.99. The SMILES string of the molecule is CN=C(NCCCOC1CCOC1)NCc1ccc2c(c1)CCCN2C.I. The van der Waals surface area contributed by atoms with E-state index in [9.17, 15) is 0 Å². The molecule has 0 saturated carbocycles. The predicted molar refractivity (Wildman–Crippen MR) is 121 cm³/mol. The van der Waals surface area contributed by atoms with E-state index in [0.717, 1.165) is 58.3 Å². The Morgan fingerprint density at radius 2 is 2.26 bits per heavy atom. The molecule has 27 heavy (non-hydrogen) atoms. The Kier molecular flexibility index (Phi) is 9.64. The lowest BCUT2D eigenvalue weighted by Crippen LogP contribution is -2.37. The summed E-state index contributed by atoms with van der Waals surface area (Å²) in [6.45, 7) is 5.12. The molecule has 152 valence electrons. The molecule has 6 nitrogen and oxygen atoms in total. The Morgan fingerprint density at radius 1 is 1.37 bits per heavy atom. The highest BCUT2D eigenvalue weighted by Crippen LogP contribution is 2.26. The van der Waals surface area contributed by atoms with Crippen LogP contribution in [0.4, 0.5) is 5.69 Å². The van der Waals surface area contributed by atoms with Crippen molar-refractivity contribution in [1.29, 1.82) is 0 Å². The van der Waals surface area contributed by atoms with Gasteiger partial charge in [-0.15, -0.1) is 24.0 Å². The number of nitrogens with one attached hydrogen (secondary N) is 2. The molecule has 1 atom stereocenters. The summed E-state index contributed by atoms with van der Waals surface area (Å²) in [5, 5.41) is 6.75. The number of halogens is 1. The second kappa shape index (κ2) is 11.7. The molecule has 0 aliphatic carbocycles. The number of nitrogens with zero attached hydrogens (tertiary/aromatic N) is 2. The third kappa shape index (κ3) is 6.80. The molecular weight excluding hydrogens is 455 g/mol. The highest BCUT2D eigenvalue weighted by atomic mass is 127. The average Bonchev–Trinajstić information content (AvgIpc) is 3.17. The van der Waals surface area contributed by atoms with Crippen molar-refractivity contribution in [3.05, 3.63) is 29.3 Å². The van der Waals surface area contributed by atoms with E-state index in [4.69, 9.17) is 9.47 Å². The van der Waals surface area contributed by atoms with Gasteiger partial charge in [0.1, 0.15) is 0 Å². The van der Waals surface area contributed by atoms with E-state index in [0.29, 0.717) is 0 Å². The van der Waals surface area contributed by atoms with Gasteiger partial charge in [-0.3, -0.25) is 4.99 Å². The molecular formula is C20H33IN4O2. The number of benzene rings is 1. The Hall–Kier alpha value is -1.06. The van der Waals surface area contributed by atoms with Crippen LogP contribution in [-0.4, -0.2) is 59.1 Å². The summed E-state index contributed by atoms with van der Waals surface area (Å²) in [5.74, 6) is 0.837. The molecule has 0 aromatic heterocycles. The van der Waals surface area contributed by atoms with Gasteiger partial charge in [0.2, 0.25) is 0 Å². The first kappa shape index (κ1) is 22.2. The second-order valence-corrected chi connectivity index (χ2v) is 7.05. The summed E-state index contributed by atoms with van der Waals surface area (Å²) in [6, 6.07) is 6.77. The van der Waals surface area contributed by atoms with Gasteiger partial charge < -0.3 is 25.0 Å². The van der Waals surface area contributed by atoms with E-state index in [1.54, 1.807) is 0 Å². The Bertz CT molecular complexity index is 606. The van der Waals surface area contributed by atoms with Crippen LogP contribution in [0.1, 0.15) is 30.4 Å². The van der Waals surface area contributed by atoms with Crippen LogP contribution in [0, 0.1) is 0 Å². The molecule has 1 unspecified atom stereocenters. The van der Waals surface area contributed by atoms with Gasteiger partial charge in [-0.05, 0) is 42.9 Å². The van der Waals surface area contributed by atoms with Gasteiger partial charge in [0.25, 0.3) is 0 Å². The number of aryl methyl sites for hydroxylation is 1. The number of aliphatic imine (C=N–C) groups is 1. The van der Waals surface area contributed by atoms with E-state index in [-0.39, 0.29) is 30.1 Å². The maximum absolute atomic E-state index is 5.78. The number of guanidine groups is 1. The summed E-state index contributed by atoms with van der Waals surface area (Å²) in [5.41, 5.74) is 4.12. The van der Waals surface area contributed by atoms with Gasteiger partial charge in [-0.25, -0.2) is 0 Å². The molecule has 0 bridgehead atoms. The molecule has 7 heteroatoms. The van der Waals surface area contributed by atoms with Gasteiger partial charge in [-0.2, -0.15) is 0 Å². The Balaban J connectivity index is 0.00000261. The van der Waals surface area contributed by atoms with Crippen molar-refractivity contribution < 1.29 is 9.47 Å². The van der Waals surface area contributed by atoms with Crippen LogP contribution in [0.25, 0.3) is 0 Å². The Labute approximate surface area is 180 Å². The maximum Gasteiger partial charge on any atom is 0.191 e. The van der Waals surface area contributed by atoms with Crippen molar-refractivity contribution in [1.82, 2.24) is 10.6 Å². The van der Waals surface area contributed by atoms with Crippen LogP contribution in [0.2, 0.25) is 0 Å². The highest BCUT2D eigenvalue weighted by Gasteiger charge is 2.15. The Morgan fingerprint density at radius 3 is 3.04 bits per heavy atom. The monoisotopic (exact) mass is 488 g/mol. The minimum atomic E-state index is 0. The molecule has 1 fully saturated rings. The van der Waals surface area contributed by atoms with Crippen molar-refractivity contribution in [2.75, 3.05) is 51.9 Å². The lowest BCUT2D eigenvalue weighted by Gasteiger charge is -2.28. The zero-order chi connectivity index (χ0) is 18.2. The number of hydrogen-bond acceptors (Lipinski definition) is 4. The van der Waals surface area contributed by atoms with Crippen LogP contribution >= 0.6 is 24.0 Å². The summed E-state index contributed by atoms with van der Waals surface area (Å²) in [7, 11) is 3.98. The van der Waals surface area contributed by atoms with Gasteiger partial charge >= 0.3 is 0 Å². The molecule has 2 heterocycles. The zero-order valence-electron chi connectivity index (χ0n) is 16.5. The minimum Gasteiger partial charge on any atom is -0.379 e. The van der Waals surface area contributed by atoms with E-state index < -0.39 is 0 Å². The molecule has 1 saturated heterocycles. The van der Waals surface area contributed by atoms with Crippen LogP contribution in [-0.2, 0) is 22.4 Å². The summed E-state index contributed by atoms with van der Waals surface area (Å²) in [6.07, 6.45) is 4.68. The number of ether oxygens (including phenoxy) is 2. The second-order valence-electron chi connectivity index (χ2n) is 7.05. The van der Waals surface area contributed by atoms with E-state index in [1.165, 1.54) is 29.7 Å². The lowest BCUT2D eigenvalue weighted by molar-refractivity contribution is 0.0420. The third-order valence-corrected chi connectivity index (χ3v) is 5.03. The fraction of sp³-hybridized carbons (Fsp3) is 0.650. The quantitative estimate of drug-likeness (QED) is 0.268. The molecule has 1 aromatic rings. The molecule has 1 aromatic carbocycles. The molecule has 3 rings (SSSR count). The van der Waals surface area contributed by atoms with Gasteiger partial charge in [0.05, 0.1) is 12.7 Å². The minimum absolute atomic E-state index is 0. The van der Waals surface area contributed by atoms with E-state index in [1.807, 2.05) is 7.05 Å². The van der Waals surface area contributed by atoms with E-state index in [2.05, 4.69) is 45.8 Å². The van der Waals surface area contributed by atoms with Crippen LogP contribution in [0.3, 0.4) is 0 Å². The number of hydrogen-bond donors (Lipinski definition) is 2. The summed E-state index contributed by atoms with van der Waals surface area (Å²) in [4.78, 5) is 6.65. The van der Waals surface area contributed by atoms with Crippen LogP contribution < -0.4 is 15.5 Å². The number of anilines is 1. The van der Waals surface area contributed by atoms with E-state index >= 15 is 0 Å². The van der Waals surface area contributed by atoms with Crippen molar-refractivity contribution >= 4 is 35.6 Å². The molecule has 0 amide bonds. The largest absolute Gasteiger partial charge is 0.379 e. The van der Waals surface area contributed by atoms with Crippen molar-refractivity contribution in [3.8, 4) is 0 Å². The fourth-order valence-electron chi connectivity index (χ4n) is 3.53.